The van der Waals surface area contributed by atoms with Gasteiger partial charge in [-0.15, -0.1) is 0 Å². The molecule has 2 aromatic carbocycles. The minimum absolute atomic E-state index is 0.131. The van der Waals surface area contributed by atoms with Crippen LogP contribution in [0, 0.1) is 0 Å². The summed E-state index contributed by atoms with van der Waals surface area (Å²) in [6.07, 6.45) is 1.57. The number of nitrogens with zero attached hydrogens (tertiary/aromatic N) is 5. The molecule has 0 bridgehead atoms. The Balaban J connectivity index is 1.84. The molecule has 0 saturated carbocycles. The van der Waals surface area contributed by atoms with E-state index in [1.807, 2.05) is 59.2 Å². The summed E-state index contributed by atoms with van der Waals surface area (Å²) in [4.78, 5) is 27.5. The minimum Gasteiger partial charge on any atom is -0.383 e. The Morgan fingerprint density at radius 3 is 2.41 bits per heavy atom. The van der Waals surface area contributed by atoms with Gasteiger partial charge in [0.15, 0.2) is 11.3 Å². The van der Waals surface area contributed by atoms with Gasteiger partial charge in [0.1, 0.15) is 10.9 Å². The Morgan fingerprint density at radius 1 is 0.931 bits per heavy atom. The molecule has 3 heterocycles. The molecule has 29 heavy (non-hydrogen) atoms. The predicted octanol–water partition coefficient (Wildman–Crippen LogP) is 2.99. The second-order valence-corrected chi connectivity index (χ2v) is 6.89. The predicted molar refractivity (Wildman–Crippen MR) is 112 cm³/mol. The Morgan fingerprint density at radius 2 is 1.66 bits per heavy atom. The van der Waals surface area contributed by atoms with Crippen LogP contribution in [-0.4, -0.2) is 37.8 Å². The van der Waals surface area contributed by atoms with Crippen LogP contribution in [0.1, 0.15) is 5.56 Å². The number of benzene rings is 2. The van der Waals surface area contributed by atoms with Gasteiger partial charge in [-0.25, -0.2) is 15.0 Å². The molecular formula is C22H19N5O2. The lowest BCUT2D eigenvalue weighted by molar-refractivity contribution is 0.186. The fraction of sp³-hybridized carbons (Fsp3) is 0.182. The number of ether oxygens (including phenoxy) is 1. The summed E-state index contributed by atoms with van der Waals surface area (Å²) in [7, 11) is 1.61. The van der Waals surface area contributed by atoms with Crippen LogP contribution >= 0.6 is 0 Å². The van der Waals surface area contributed by atoms with Gasteiger partial charge in [0.05, 0.1) is 37.1 Å². The Labute approximate surface area is 166 Å². The molecule has 144 valence electrons. The zero-order valence-electron chi connectivity index (χ0n) is 15.9. The van der Waals surface area contributed by atoms with Crippen LogP contribution in [0.2, 0.25) is 0 Å². The van der Waals surface area contributed by atoms with Gasteiger partial charge in [0.25, 0.3) is 5.56 Å². The summed E-state index contributed by atoms with van der Waals surface area (Å²) in [6.45, 7) is 1.43. The van der Waals surface area contributed by atoms with Crippen molar-refractivity contribution in [2.75, 3.05) is 13.7 Å². The fourth-order valence-electron chi connectivity index (χ4n) is 3.60. The molecule has 7 heteroatoms. The molecule has 0 N–H and O–H groups in total. The maximum absolute atomic E-state index is 13.2. The van der Waals surface area contributed by atoms with Crippen molar-refractivity contribution in [1.29, 1.82) is 0 Å². The highest BCUT2D eigenvalue weighted by molar-refractivity contribution is 6.04. The smallest absolute Gasteiger partial charge is 0.265 e. The van der Waals surface area contributed by atoms with E-state index in [1.54, 1.807) is 18.0 Å². The first-order valence-electron chi connectivity index (χ1n) is 9.43. The number of hydrogen-bond donors (Lipinski definition) is 0. The number of fused-ring (bicyclic) bond motifs is 4. The zero-order valence-corrected chi connectivity index (χ0v) is 15.9. The van der Waals surface area contributed by atoms with Gasteiger partial charge in [-0.05, 0) is 17.7 Å². The number of hydrogen-bond acceptors (Lipinski definition) is 5. The van der Waals surface area contributed by atoms with Gasteiger partial charge < -0.3 is 9.30 Å². The van der Waals surface area contributed by atoms with Gasteiger partial charge in [0, 0.05) is 7.11 Å². The molecule has 0 aliphatic heterocycles. The van der Waals surface area contributed by atoms with E-state index in [2.05, 4.69) is 4.98 Å². The fourth-order valence-corrected chi connectivity index (χ4v) is 3.60. The topological polar surface area (TPSA) is 74.8 Å². The largest absolute Gasteiger partial charge is 0.383 e. The molecule has 0 spiro atoms. The van der Waals surface area contributed by atoms with Crippen molar-refractivity contribution in [3.05, 3.63) is 76.8 Å². The highest BCUT2D eigenvalue weighted by atomic mass is 16.5. The van der Waals surface area contributed by atoms with Crippen LogP contribution < -0.4 is 5.56 Å². The maximum atomic E-state index is 13.2. The molecule has 0 saturated heterocycles. The molecule has 0 aliphatic carbocycles. The zero-order chi connectivity index (χ0) is 19.8. The summed E-state index contributed by atoms with van der Waals surface area (Å²) in [5.41, 5.74) is 4.36. The molecule has 0 fully saturated rings. The van der Waals surface area contributed by atoms with E-state index in [4.69, 9.17) is 14.7 Å². The highest BCUT2D eigenvalue weighted by Gasteiger charge is 2.19. The molecule has 7 nitrogen and oxygen atoms in total. The van der Waals surface area contributed by atoms with Crippen molar-refractivity contribution in [3.8, 4) is 0 Å². The quantitative estimate of drug-likeness (QED) is 0.465. The Bertz CT molecular complexity index is 1390. The van der Waals surface area contributed by atoms with E-state index in [-0.39, 0.29) is 5.56 Å². The van der Waals surface area contributed by atoms with Crippen molar-refractivity contribution in [2.45, 2.75) is 13.1 Å². The lowest BCUT2D eigenvalue weighted by Gasteiger charge is -2.07. The highest BCUT2D eigenvalue weighted by Crippen LogP contribution is 2.25. The van der Waals surface area contributed by atoms with Gasteiger partial charge in [-0.2, -0.15) is 0 Å². The monoisotopic (exact) mass is 385 g/mol. The van der Waals surface area contributed by atoms with Crippen LogP contribution in [0.15, 0.2) is 65.7 Å². The molecule has 5 aromatic rings. The van der Waals surface area contributed by atoms with Crippen LogP contribution in [0.4, 0.5) is 0 Å². The lowest BCUT2D eigenvalue weighted by Crippen LogP contribution is -2.22. The lowest BCUT2D eigenvalue weighted by atomic mass is 10.2. The molecule has 0 radical (unpaired) electrons. The summed E-state index contributed by atoms with van der Waals surface area (Å²) >= 11 is 0. The standard InChI is InChI=1S/C22H19N5O2/c1-29-12-11-26-14-23-20-18(22(26)28)19-21(25-17-10-6-5-9-16(17)24-19)27(20)13-15-7-3-2-4-8-15/h2-10,14H,11-13H2,1H3. The summed E-state index contributed by atoms with van der Waals surface area (Å²) in [6, 6.07) is 17.8. The average molecular weight is 385 g/mol. The second kappa shape index (κ2) is 7.10. The summed E-state index contributed by atoms with van der Waals surface area (Å²) in [5, 5.41) is 0.493. The third-order valence-corrected chi connectivity index (χ3v) is 5.04. The Hall–Kier alpha value is -3.58. The first-order chi connectivity index (χ1) is 14.3. The van der Waals surface area contributed by atoms with Gasteiger partial charge in [-0.3, -0.25) is 9.36 Å². The molecule has 0 unspecified atom stereocenters. The van der Waals surface area contributed by atoms with Gasteiger partial charge in [-0.1, -0.05) is 42.5 Å². The van der Waals surface area contributed by atoms with Crippen molar-refractivity contribution >= 4 is 33.2 Å². The Kier molecular flexibility index (Phi) is 4.29. The molecule has 0 amide bonds. The van der Waals surface area contributed by atoms with Crippen molar-refractivity contribution in [2.24, 2.45) is 0 Å². The van der Waals surface area contributed by atoms with Gasteiger partial charge >= 0.3 is 0 Å². The van der Waals surface area contributed by atoms with Crippen molar-refractivity contribution in [3.63, 3.8) is 0 Å². The SMILES string of the molecule is COCCn1cnc2c(c1=O)c1nc3ccccc3nc1n2Cc1ccccc1. The minimum atomic E-state index is -0.131. The van der Waals surface area contributed by atoms with E-state index in [9.17, 15) is 4.79 Å². The second-order valence-electron chi connectivity index (χ2n) is 6.89. The van der Waals surface area contributed by atoms with E-state index in [1.165, 1.54) is 0 Å². The molecule has 0 atom stereocenters. The van der Waals surface area contributed by atoms with Gasteiger partial charge in [0.2, 0.25) is 0 Å². The van der Waals surface area contributed by atoms with E-state index < -0.39 is 0 Å². The third kappa shape index (κ3) is 2.96. The van der Waals surface area contributed by atoms with E-state index >= 15 is 0 Å². The molecule has 5 rings (SSSR count). The number of para-hydroxylation sites is 2. The maximum Gasteiger partial charge on any atom is 0.265 e. The van der Waals surface area contributed by atoms with E-state index in [0.29, 0.717) is 41.9 Å². The summed E-state index contributed by atoms with van der Waals surface area (Å²) < 4.78 is 8.66. The molecular weight excluding hydrogens is 366 g/mol. The van der Waals surface area contributed by atoms with Crippen molar-refractivity contribution in [1.82, 2.24) is 24.1 Å². The average Bonchev–Trinajstić information content (AvgIpc) is 3.05. The van der Waals surface area contributed by atoms with Crippen LogP contribution in [0.25, 0.3) is 33.2 Å². The van der Waals surface area contributed by atoms with Crippen LogP contribution in [-0.2, 0) is 17.8 Å². The molecule has 0 aliphatic rings. The number of methoxy groups -OCH3 is 1. The van der Waals surface area contributed by atoms with E-state index in [0.717, 1.165) is 16.6 Å². The number of aromatic nitrogens is 5. The number of rotatable bonds is 5. The van der Waals surface area contributed by atoms with Crippen molar-refractivity contribution < 1.29 is 4.74 Å². The normalized spacial score (nSPS) is 11.6. The summed E-state index contributed by atoms with van der Waals surface area (Å²) in [5.74, 6) is 0. The first-order valence-corrected chi connectivity index (χ1v) is 9.43. The molecule has 3 aromatic heterocycles. The van der Waals surface area contributed by atoms with Crippen LogP contribution in [0.3, 0.4) is 0 Å². The first kappa shape index (κ1) is 17.5. The van der Waals surface area contributed by atoms with Crippen LogP contribution in [0.5, 0.6) is 0 Å². The third-order valence-electron chi connectivity index (χ3n) is 5.04.